The molecule has 2 fully saturated rings. The molecular weight excluding hydrogens is 698 g/mol. The molecule has 14 heteroatoms. The highest BCUT2D eigenvalue weighted by atomic mass is 32.1. The Morgan fingerprint density at radius 2 is 2.06 bits per heavy atom. The minimum Gasteiger partial charge on any atom is -0.464 e. The quantitative estimate of drug-likeness (QED) is 0.236. The second kappa shape index (κ2) is 15.2. The molecule has 7 rings (SSSR count). The molecule has 6 heterocycles. The lowest BCUT2D eigenvalue weighted by molar-refractivity contribution is -0.155. The van der Waals surface area contributed by atoms with Gasteiger partial charge in [0.25, 0.3) is 5.91 Å². The maximum Gasteiger partial charge on any atom is 0.324 e. The Morgan fingerprint density at radius 3 is 2.79 bits per heavy atom. The van der Waals surface area contributed by atoms with E-state index in [0.717, 1.165) is 44.7 Å². The van der Waals surface area contributed by atoms with Crippen LogP contribution in [0.5, 0.6) is 0 Å². The number of methoxy groups -OCH3 is 1. The number of thiazole rings is 1. The number of cyclic esters (lactones) is 1. The number of hydrogen-bond donors (Lipinski definition) is 2. The fourth-order valence-corrected chi connectivity index (χ4v) is 8.51. The smallest absolute Gasteiger partial charge is 0.324 e. The molecule has 1 aromatic carbocycles. The van der Waals surface area contributed by atoms with Gasteiger partial charge >= 0.3 is 12.0 Å². The lowest BCUT2D eigenvalue weighted by atomic mass is 9.84. The molecule has 3 aliphatic heterocycles. The van der Waals surface area contributed by atoms with Gasteiger partial charge < -0.3 is 24.3 Å². The first kappa shape index (κ1) is 36.9. The van der Waals surface area contributed by atoms with Crippen molar-refractivity contribution in [2.45, 2.75) is 90.6 Å². The number of halogens is 1. The number of pyridine rings is 1. The van der Waals surface area contributed by atoms with Crippen molar-refractivity contribution in [1.29, 1.82) is 0 Å². The molecule has 0 unspecified atom stereocenters. The number of likely N-dealkylation sites (tertiary alicyclic amines) is 1. The molecule has 0 radical (unpaired) electrons. The molecule has 0 spiro atoms. The number of carbonyl (C=O) groups excluding carboxylic acids is 3. The predicted octanol–water partition coefficient (Wildman–Crippen LogP) is 5.84. The van der Waals surface area contributed by atoms with E-state index < -0.39 is 42.2 Å². The zero-order valence-corrected chi connectivity index (χ0v) is 31.8. The van der Waals surface area contributed by atoms with E-state index >= 15 is 0 Å². The summed E-state index contributed by atoms with van der Waals surface area (Å²) in [5.74, 6) is -0.821. The first-order valence-electron chi connectivity index (χ1n) is 18.5. The number of hydrogen-bond acceptors (Lipinski definition) is 9. The Balaban J connectivity index is 1.34. The van der Waals surface area contributed by atoms with E-state index in [4.69, 9.17) is 19.4 Å². The maximum absolute atomic E-state index is 14.1. The van der Waals surface area contributed by atoms with Gasteiger partial charge in [0.15, 0.2) is 0 Å². The zero-order valence-electron chi connectivity index (χ0n) is 31.0. The van der Waals surface area contributed by atoms with Crippen molar-refractivity contribution in [3.63, 3.8) is 0 Å². The molecule has 2 saturated heterocycles. The molecule has 0 saturated carbocycles. The first-order valence-corrected chi connectivity index (χ1v) is 19.3. The summed E-state index contributed by atoms with van der Waals surface area (Å²) in [5.41, 5.74) is 9.37. The molecule has 6 bridgehead atoms. The van der Waals surface area contributed by atoms with Crippen molar-refractivity contribution in [2.75, 3.05) is 33.5 Å². The number of aromatic nitrogens is 3. The van der Waals surface area contributed by atoms with Crippen molar-refractivity contribution in [3.8, 4) is 22.5 Å². The highest BCUT2D eigenvalue weighted by molar-refractivity contribution is 7.10. The molecule has 4 atom stereocenters. The van der Waals surface area contributed by atoms with Gasteiger partial charge in [0.2, 0.25) is 0 Å². The van der Waals surface area contributed by atoms with E-state index in [1.54, 1.807) is 13.3 Å². The van der Waals surface area contributed by atoms with Gasteiger partial charge in [-0.2, -0.15) is 0 Å². The minimum atomic E-state index is -0.985. The molecule has 3 aliphatic rings. The highest BCUT2D eigenvalue weighted by Crippen LogP contribution is 2.42. The molecule has 282 valence electrons. The molecule has 2 N–H and O–H groups in total. The van der Waals surface area contributed by atoms with Crippen LogP contribution in [0.25, 0.3) is 33.4 Å². The van der Waals surface area contributed by atoms with E-state index in [9.17, 15) is 18.8 Å². The number of carbonyl (C=O) groups is 3. The van der Waals surface area contributed by atoms with Gasteiger partial charge in [0, 0.05) is 72.2 Å². The molecular formula is C39H48FN7O5S. The van der Waals surface area contributed by atoms with E-state index in [2.05, 4.69) is 60.3 Å². The van der Waals surface area contributed by atoms with Crippen LogP contribution < -0.4 is 10.7 Å². The number of fused-ring (bicyclic) bond motifs is 6. The Hall–Kier alpha value is -4.40. The summed E-state index contributed by atoms with van der Waals surface area (Å²) < 4.78 is 27.6. The summed E-state index contributed by atoms with van der Waals surface area (Å²) in [6, 6.07) is 7.71. The fourth-order valence-electron chi connectivity index (χ4n) is 7.66. The van der Waals surface area contributed by atoms with Crippen molar-refractivity contribution in [3.05, 3.63) is 58.2 Å². The molecule has 3 amide bonds. The average molecular weight is 746 g/mol. The Labute approximate surface area is 313 Å². The summed E-state index contributed by atoms with van der Waals surface area (Å²) in [6.45, 7) is 9.34. The normalized spacial score (nSPS) is 22.6. The molecule has 3 aromatic heterocycles. The standard InChI is InChI=1S/C39H48FN7O5S/c1-6-45-32-12-11-24-17-27(32)28(35(45)26-9-7-14-41-34(26)23(2)51-5)19-39(3,4)22-52-37(49)29-10-8-15-47(44-29)36(48)30(18-33-42-31(24)21-53-33)43-38(50)46-16-13-25(46)20-40/h7,9,11-12,14,17,21,23,25,29-30,44H,6,8,10,13,15-16,18-20,22H2,1-5H3,(H,43,50)/t23-,25-,29-,30-/m0/s1. The Bertz CT molecular complexity index is 2010. The number of aryl methyl sites for hydroxylation is 1. The second-order valence-electron chi connectivity index (χ2n) is 15.0. The summed E-state index contributed by atoms with van der Waals surface area (Å²) in [4.78, 5) is 52.1. The topological polar surface area (TPSA) is 131 Å². The molecule has 0 aliphatic carbocycles. The number of hydrazine groups is 1. The Morgan fingerprint density at radius 1 is 1.23 bits per heavy atom. The summed E-state index contributed by atoms with van der Waals surface area (Å²) in [6.07, 6.45) is 3.95. The third-order valence-electron chi connectivity index (χ3n) is 10.7. The Kier molecular flexibility index (Phi) is 10.6. The van der Waals surface area contributed by atoms with Gasteiger partial charge in [0.05, 0.1) is 40.8 Å². The van der Waals surface area contributed by atoms with Crippen molar-refractivity contribution < 1.29 is 28.2 Å². The molecule has 4 aromatic rings. The van der Waals surface area contributed by atoms with Crippen molar-refractivity contribution in [2.24, 2.45) is 5.41 Å². The molecule has 12 nitrogen and oxygen atoms in total. The maximum atomic E-state index is 14.1. The van der Waals surface area contributed by atoms with Gasteiger partial charge in [-0.1, -0.05) is 19.9 Å². The van der Waals surface area contributed by atoms with Gasteiger partial charge in [-0.05, 0) is 69.4 Å². The van der Waals surface area contributed by atoms with Gasteiger partial charge in [0.1, 0.15) is 18.8 Å². The van der Waals surface area contributed by atoms with Crippen LogP contribution in [0, 0.1) is 5.41 Å². The first-order chi connectivity index (χ1) is 25.5. The minimum absolute atomic E-state index is 0.135. The lowest BCUT2D eigenvalue weighted by Crippen LogP contribution is -2.63. The fraction of sp³-hybridized carbons (Fsp3) is 0.513. The van der Waals surface area contributed by atoms with E-state index in [-0.39, 0.29) is 25.0 Å². The monoisotopic (exact) mass is 745 g/mol. The van der Waals surface area contributed by atoms with Crippen molar-refractivity contribution in [1.82, 2.24) is 35.2 Å². The largest absolute Gasteiger partial charge is 0.464 e. The number of ether oxygens (including phenoxy) is 2. The molecule has 53 heavy (non-hydrogen) atoms. The van der Waals surface area contributed by atoms with E-state index in [1.807, 2.05) is 18.4 Å². The third kappa shape index (κ3) is 7.28. The van der Waals surface area contributed by atoms with Crippen LogP contribution in [0.3, 0.4) is 0 Å². The number of rotatable bonds is 6. The average Bonchev–Trinajstić information content (AvgIpc) is 3.74. The number of esters is 1. The number of alkyl halides is 1. The van der Waals surface area contributed by atoms with Crippen LogP contribution >= 0.6 is 11.3 Å². The number of benzene rings is 1. The summed E-state index contributed by atoms with van der Waals surface area (Å²) in [7, 11) is 1.69. The number of urea groups is 1. The number of nitrogens with one attached hydrogen (secondary N) is 2. The zero-order chi connectivity index (χ0) is 37.4. The summed E-state index contributed by atoms with van der Waals surface area (Å²) >= 11 is 1.42. The summed E-state index contributed by atoms with van der Waals surface area (Å²) in [5, 5.41) is 7.99. The SMILES string of the molecule is CCn1c(-c2cccnc2[C@H](C)OC)c2c3cc(ccc31)-c1csc(n1)C[C@H](NC(=O)N1CC[C@H]1CF)C(=O)N1CCC[C@H](N1)C(=O)OCC(C)(C)C2. The van der Waals surface area contributed by atoms with E-state index in [0.29, 0.717) is 50.3 Å². The van der Waals surface area contributed by atoms with Crippen LogP contribution in [0.2, 0.25) is 0 Å². The highest BCUT2D eigenvalue weighted by Gasteiger charge is 2.38. The van der Waals surface area contributed by atoms with Crippen LogP contribution in [-0.4, -0.2) is 94.0 Å². The van der Waals surface area contributed by atoms with Crippen LogP contribution in [0.15, 0.2) is 41.9 Å². The van der Waals surface area contributed by atoms with E-state index in [1.165, 1.54) is 21.2 Å². The second-order valence-corrected chi connectivity index (χ2v) is 15.9. The number of nitrogens with zero attached hydrogens (tertiary/aromatic N) is 5. The van der Waals surface area contributed by atoms with Gasteiger partial charge in [-0.15, -0.1) is 11.3 Å². The lowest BCUT2D eigenvalue weighted by Gasteiger charge is -2.40. The number of amides is 3. The predicted molar refractivity (Wildman–Crippen MR) is 201 cm³/mol. The third-order valence-corrected chi connectivity index (χ3v) is 11.6. The van der Waals surface area contributed by atoms with Gasteiger partial charge in [-0.3, -0.25) is 19.6 Å². The van der Waals surface area contributed by atoms with Crippen LogP contribution in [0.1, 0.15) is 69.3 Å². The van der Waals surface area contributed by atoms with Crippen LogP contribution in [0.4, 0.5) is 9.18 Å². The van der Waals surface area contributed by atoms with Crippen LogP contribution in [-0.2, 0) is 38.4 Å². The van der Waals surface area contributed by atoms with Crippen molar-refractivity contribution >= 4 is 40.1 Å². The van der Waals surface area contributed by atoms with Gasteiger partial charge in [-0.25, -0.2) is 19.6 Å².